The minimum absolute atomic E-state index is 0.788. The first-order valence-corrected chi connectivity index (χ1v) is 11.2. The Kier molecular flexibility index (Phi) is 9.64. The van der Waals surface area contributed by atoms with Gasteiger partial charge >= 0.3 is 0 Å². The zero-order chi connectivity index (χ0) is 20.9. The van der Waals surface area contributed by atoms with Crippen LogP contribution in [0.25, 0.3) is 11.4 Å². The highest BCUT2D eigenvalue weighted by molar-refractivity contribution is 6.07. The van der Waals surface area contributed by atoms with E-state index in [4.69, 9.17) is 19.8 Å². The van der Waals surface area contributed by atoms with E-state index in [1.165, 1.54) is 0 Å². The van der Waals surface area contributed by atoms with Gasteiger partial charge in [-0.05, 0) is 25.7 Å². The fraction of sp³-hybridized carbons (Fsp3) is 0.423. The summed E-state index contributed by atoms with van der Waals surface area (Å²) in [4.78, 5) is 4.88. The summed E-state index contributed by atoms with van der Waals surface area (Å²) in [6.07, 6.45) is 6.24. The Morgan fingerprint density at radius 2 is 1.23 bits per heavy atom. The first-order valence-electron chi connectivity index (χ1n) is 11.2. The molecule has 0 aromatic heterocycles. The van der Waals surface area contributed by atoms with Crippen molar-refractivity contribution in [1.82, 2.24) is 5.32 Å². The SMILES string of the molecule is CCCOCCCOCCCCCC1=NC(c2ccccc2)=C(c2ccccc2)[N]1. The highest BCUT2D eigenvalue weighted by Gasteiger charge is 2.21. The number of hydrogen-bond acceptors (Lipinski definition) is 3. The van der Waals surface area contributed by atoms with Crippen LogP contribution in [0.5, 0.6) is 0 Å². The molecule has 4 heteroatoms. The van der Waals surface area contributed by atoms with Gasteiger partial charge in [0.05, 0.1) is 11.4 Å². The third kappa shape index (κ3) is 7.12. The Hall–Kier alpha value is -2.43. The number of ether oxygens (including phenoxy) is 2. The molecular weight excluding hydrogens is 372 g/mol. The second kappa shape index (κ2) is 13.0. The lowest BCUT2D eigenvalue weighted by Gasteiger charge is -2.06. The second-order valence-electron chi connectivity index (χ2n) is 7.46. The van der Waals surface area contributed by atoms with Crippen molar-refractivity contribution >= 4 is 17.2 Å². The molecule has 0 spiro atoms. The van der Waals surface area contributed by atoms with Crippen molar-refractivity contribution in [3.8, 4) is 0 Å². The summed E-state index contributed by atoms with van der Waals surface area (Å²) >= 11 is 0. The normalized spacial score (nSPS) is 13.4. The lowest BCUT2D eigenvalue weighted by Crippen LogP contribution is -2.10. The van der Waals surface area contributed by atoms with Crippen LogP contribution < -0.4 is 5.32 Å². The van der Waals surface area contributed by atoms with Gasteiger partial charge in [-0.1, -0.05) is 74.0 Å². The maximum absolute atomic E-state index is 5.69. The predicted octanol–water partition coefficient (Wildman–Crippen LogP) is 5.92. The van der Waals surface area contributed by atoms with Crippen molar-refractivity contribution in [2.75, 3.05) is 26.4 Å². The molecule has 159 valence electrons. The van der Waals surface area contributed by atoms with Gasteiger partial charge in [0.15, 0.2) is 0 Å². The molecule has 0 amide bonds. The van der Waals surface area contributed by atoms with Gasteiger partial charge < -0.3 is 9.47 Å². The number of hydrogen-bond donors (Lipinski definition) is 0. The zero-order valence-electron chi connectivity index (χ0n) is 18.1. The molecule has 1 heterocycles. The molecule has 30 heavy (non-hydrogen) atoms. The maximum Gasteiger partial charge on any atom is 0.129 e. The molecule has 1 aliphatic rings. The number of amidine groups is 1. The molecule has 0 fully saturated rings. The number of rotatable bonds is 14. The van der Waals surface area contributed by atoms with Crippen LogP contribution in [0.15, 0.2) is 65.7 Å². The predicted molar refractivity (Wildman–Crippen MR) is 124 cm³/mol. The van der Waals surface area contributed by atoms with E-state index in [9.17, 15) is 0 Å². The molecular formula is C26H33N2O2. The molecule has 2 aromatic carbocycles. The van der Waals surface area contributed by atoms with Gasteiger partial charge in [-0.2, -0.15) is 0 Å². The number of benzene rings is 2. The quantitative estimate of drug-likeness (QED) is 0.366. The van der Waals surface area contributed by atoms with E-state index in [0.717, 1.165) is 93.3 Å². The van der Waals surface area contributed by atoms with Crippen molar-refractivity contribution in [3.05, 3.63) is 71.8 Å². The fourth-order valence-electron chi connectivity index (χ4n) is 3.37. The fourth-order valence-corrected chi connectivity index (χ4v) is 3.37. The average Bonchev–Trinajstić information content (AvgIpc) is 3.23. The van der Waals surface area contributed by atoms with Crippen molar-refractivity contribution in [1.29, 1.82) is 0 Å². The maximum atomic E-state index is 5.69. The van der Waals surface area contributed by atoms with E-state index >= 15 is 0 Å². The van der Waals surface area contributed by atoms with Crippen molar-refractivity contribution < 1.29 is 9.47 Å². The van der Waals surface area contributed by atoms with E-state index < -0.39 is 0 Å². The van der Waals surface area contributed by atoms with Crippen LogP contribution in [0.4, 0.5) is 0 Å². The van der Waals surface area contributed by atoms with Gasteiger partial charge in [-0.25, -0.2) is 10.3 Å². The molecule has 0 bridgehead atoms. The molecule has 0 saturated heterocycles. The smallest absolute Gasteiger partial charge is 0.129 e. The van der Waals surface area contributed by atoms with E-state index in [0.29, 0.717) is 0 Å². The van der Waals surface area contributed by atoms with Gasteiger partial charge in [0.1, 0.15) is 5.84 Å². The molecule has 1 aliphatic heterocycles. The van der Waals surface area contributed by atoms with Crippen molar-refractivity contribution in [2.24, 2.45) is 4.99 Å². The van der Waals surface area contributed by atoms with Crippen LogP contribution in [0.3, 0.4) is 0 Å². The van der Waals surface area contributed by atoms with Crippen molar-refractivity contribution in [3.63, 3.8) is 0 Å². The topological polar surface area (TPSA) is 44.9 Å². The largest absolute Gasteiger partial charge is 0.381 e. The summed E-state index contributed by atoms with van der Waals surface area (Å²) < 4.78 is 11.2. The minimum atomic E-state index is 0.788. The Labute approximate surface area is 181 Å². The van der Waals surface area contributed by atoms with Crippen LogP contribution >= 0.6 is 0 Å². The summed E-state index contributed by atoms with van der Waals surface area (Å²) in [5, 5.41) is 4.88. The molecule has 0 aliphatic carbocycles. The Morgan fingerprint density at radius 3 is 1.90 bits per heavy atom. The van der Waals surface area contributed by atoms with Crippen LogP contribution in [-0.4, -0.2) is 32.3 Å². The second-order valence-corrected chi connectivity index (χ2v) is 7.46. The first kappa shape index (κ1) is 22.3. The molecule has 0 atom stereocenters. The third-order valence-electron chi connectivity index (χ3n) is 4.92. The van der Waals surface area contributed by atoms with E-state index in [1.54, 1.807) is 0 Å². The average molecular weight is 406 g/mol. The van der Waals surface area contributed by atoms with Gasteiger partial charge in [0.2, 0.25) is 0 Å². The molecule has 0 saturated carbocycles. The summed E-state index contributed by atoms with van der Waals surface area (Å²) in [6, 6.07) is 20.7. The van der Waals surface area contributed by atoms with Crippen LogP contribution in [0, 0.1) is 0 Å². The Bertz CT molecular complexity index is 800. The number of aliphatic imine (C=N–C) groups is 1. The standard InChI is InChI=1S/C26H33N2O2/c1-2-18-29-20-12-21-30-19-11-5-10-17-24-27-25(22-13-6-3-7-14-22)26(28-24)23-15-8-4-9-16-23/h3-4,6-9,13-16H,2,5,10-12,17-21H2,1H3. The van der Waals surface area contributed by atoms with Crippen LogP contribution in [0.1, 0.15) is 56.6 Å². The van der Waals surface area contributed by atoms with Gasteiger partial charge in [0.25, 0.3) is 0 Å². The van der Waals surface area contributed by atoms with Gasteiger partial charge in [0, 0.05) is 44.0 Å². The summed E-state index contributed by atoms with van der Waals surface area (Å²) in [6.45, 7) is 5.39. The molecule has 4 nitrogen and oxygen atoms in total. The summed E-state index contributed by atoms with van der Waals surface area (Å²) in [7, 11) is 0. The van der Waals surface area contributed by atoms with E-state index in [-0.39, 0.29) is 0 Å². The van der Waals surface area contributed by atoms with Crippen molar-refractivity contribution in [2.45, 2.75) is 45.4 Å². The first-order chi connectivity index (χ1) is 14.9. The third-order valence-corrected chi connectivity index (χ3v) is 4.92. The minimum Gasteiger partial charge on any atom is -0.381 e. The lowest BCUT2D eigenvalue weighted by atomic mass is 10.1. The van der Waals surface area contributed by atoms with E-state index in [2.05, 4.69) is 31.2 Å². The molecule has 2 aromatic rings. The highest BCUT2D eigenvalue weighted by atomic mass is 16.5. The summed E-state index contributed by atoms with van der Waals surface area (Å²) in [5.41, 5.74) is 4.19. The Morgan fingerprint density at radius 1 is 0.633 bits per heavy atom. The van der Waals surface area contributed by atoms with Crippen LogP contribution in [-0.2, 0) is 9.47 Å². The monoisotopic (exact) mass is 405 g/mol. The van der Waals surface area contributed by atoms with Gasteiger partial charge in [-0.15, -0.1) is 0 Å². The number of nitrogens with zero attached hydrogens (tertiary/aromatic N) is 2. The van der Waals surface area contributed by atoms with E-state index in [1.807, 2.05) is 36.4 Å². The Balaban J connectivity index is 1.41. The highest BCUT2D eigenvalue weighted by Crippen LogP contribution is 2.31. The molecule has 1 radical (unpaired) electrons. The lowest BCUT2D eigenvalue weighted by molar-refractivity contribution is 0.0814. The molecule has 0 N–H and O–H groups in total. The van der Waals surface area contributed by atoms with Crippen LogP contribution in [0.2, 0.25) is 0 Å². The number of unbranched alkanes of at least 4 members (excludes halogenated alkanes) is 2. The molecule has 3 rings (SSSR count). The van der Waals surface area contributed by atoms with Gasteiger partial charge in [-0.3, -0.25) is 0 Å². The zero-order valence-corrected chi connectivity index (χ0v) is 18.1. The summed E-state index contributed by atoms with van der Waals surface area (Å²) in [5.74, 6) is 0.932. The molecule has 0 unspecified atom stereocenters.